The fourth-order valence-electron chi connectivity index (χ4n) is 4.07. The first-order valence-electron chi connectivity index (χ1n) is 10.2. The van der Waals surface area contributed by atoms with Crippen LogP contribution in [0.2, 0.25) is 0 Å². The summed E-state index contributed by atoms with van der Waals surface area (Å²) in [6.45, 7) is 6.73. The molecule has 3 aromatic rings. The molecule has 0 aliphatic heterocycles. The summed E-state index contributed by atoms with van der Waals surface area (Å²) < 4.78 is 5.58. The van der Waals surface area contributed by atoms with Gasteiger partial charge in [0.15, 0.2) is 10.9 Å². The third kappa shape index (κ3) is 4.36. The molecule has 31 heavy (non-hydrogen) atoms. The SMILES string of the molecule is CC(C)(C)[C@H]1CCc2c(sc(NC(=S)NC(=O)c3cc4ccccc4o3)c2C(N)=O)C1. The van der Waals surface area contributed by atoms with Gasteiger partial charge < -0.3 is 15.5 Å². The van der Waals surface area contributed by atoms with E-state index in [1.165, 1.54) is 11.3 Å². The molecule has 1 aromatic carbocycles. The summed E-state index contributed by atoms with van der Waals surface area (Å²) in [4.78, 5) is 25.9. The normalized spacial score (nSPS) is 16.0. The number of hydrogen-bond acceptors (Lipinski definition) is 5. The molecule has 1 atom stereocenters. The number of para-hydroxylation sites is 1. The molecule has 2 aromatic heterocycles. The molecule has 4 N–H and O–H groups in total. The van der Waals surface area contributed by atoms with Crippen molar-refractivity contribution in [3.63, 3.8) is 0 Å². The zero-order chi connectivity index (χ0) is 22.3. The standard InChI is InChI=1S/C23H25N3O3S2/c1-23(2,3)13-8-9-14-17(11-13)31-21(18(14)19(24)27)26-22(30)25-20(28)16-10-12-6-4-5-7-15(12)29-16/h4-7,10,13H,8-9,11H2,1-3H3,(H2,24,27)(H2,25,26,28,30)/t13-/m0/s1. The summed E-state index contributed by atoms with van der Waals surface area (Å²) >= 11 is 6.82. The number of nitrogens with two attached hydrogens (primary N) is 1. The summed E-state index contributed by atoms with van der Waals surface area (Å²) in [6, 6.07) is 9.04. The van der Waals surface area contributed by atoms with Crippen molar-refractivity contribution < 1.29 is 14.0 Å². The molecule has 6 nitrogen and oxygen atoms in total. The smallest absolute Gasteiger partial charge is 0.293 e. The maximum absolute atomic E-state index is 12.6. The molecule has 0 unspecified atom stereocenters. The number of furan rings is 1. The van der Waals surface area contributed by atoms with Gasteiger partial charge in [-0.25, -0.2) is 0 Å². The second-order valence-electron chi connectivity index (χ2n) is 8.93. The van der Waals surface area contributed by atoms with Crippen LogP contribution in [0.25, 0.3) is 11.0 Å². The van der Waals surface area contributed by atoms with Crippen molar-refractivity contribution in [1.29, 1.82) is 0 Å². The Hall–Kier alpha value is -2.71. The van der Waals surface area contributed by atoms with Gasteiger partial charge in [0, 0.05) is 10.3 Å². The number of anilines is 1. The topological polar surface area (TPSA) is 97.4 Å². The molecule has 0 fully saturated rings. The second kappa shape index (κ2) is 8.09. The van der Waals surface area contributed by atoms with Crippen LogP contribution in [-0.2, 0) is 12.8 Å². The quantitative estimate of drug-likeness (QED) is 0.490. The van der Waals surface area contributed by atoms with E-state index in [9.17, 15) is 9.59 Å². The van der Waals surface area contributed by atoms with Crippen LogP contribution in [-0.4, -0.2) is 16.9 Å². The third-order valence-electron chi connectivity index (χ3n) is 5.84. The Balaban J connectivity index is 1.52. The number of benzene rings is 1. The largest absolute Gasteiger partial charge is 0.451 e. The van der Waals surface area contributed by atoms with Crippen LogP contribution in [0.15, 0.2) is 34.7 Å². The van der Waals surface area contributed by atoms with Gasteiger partial charge in [-0.15, -0.1) is 11.3 Å². The molecular weight excluding hydrogens is 430 g/mol. The summed E-state index contributed by atoms with van der Waals surface area (Å²) in [5.74, 6) is -0.241. The lowest BCUT2D eigenvalue weighted by Gasteiger charge is -2.33. The Labute approximate surface area is 190 Å². The lowest BCUT2D eigenvalue weighted by atomic mass is 9.72. The summed E-state index contributed by atoms with van der Waals surface area (Å²) in [5, 5.41) is 7.16. The van der Waals surface area contributed by atoms with E-state index in [2.05, 4.69) is 31.4 Å². The van der Waals surface area contributed by atoms with Crippen molar-refractivity contribution >= 4 is 56.5 Å². The van der Waals surface area contributed by atoms with E-state index in [1.807, 2.05) is 18.2 Å². The fourth-order valence-corrected chi connectivity index (χ4v) is 5.66. The third-order valence-corrected chi connectivity index (χ3v) is 7.21. The lowest BCUT2D eigenvalue weighted by Crippen LogP contribution is -2.34. The van der Waals surface area contributed by atoms with Crippen LogP contribution in [0.4, 0.5) is 5.00 Å². The van der Waals surface area contributed by atoms with Crippen LogP contribution >= 0.6 is 23.6 Å². The molecule has 8 heteroatoms. The highest BCUT2D eigenvalue weighted by atomic mass is 32.1. The van der Waals surface area contributed by atoms with E-state index < -0.39 is 11.8 Å². The minimum atomic E-state index is -0.486. The Morgan fingerprint density at radius 3 is 2.68 bits per heavy atom. The molecular formula is C23H25N3O3S2. The first-order chi connectivity index (χ1) is 14.6. The average molecular weight is 456 g/mol. The number of rotatable bonds is 3. The summed E-state index contributed by atoms with van der Waals surface area (Å²) in [5.41, 5.74) is 8.00. The monoisotopic (exact) mass is 455 g/mol. The number of nitrogens with one attached hydrogen (secondary N) is 2. The molecule has 2 amide bonds. The highest BCUT2D eigenvalue weighted by Crippen LogP contribution is 2.44. The fraction of sp³-hybridized carbons (Fsp3) is 0.348. The minimum absolute atomic E-state index is 0.0962. The predicted molar refractivity (Wildman–Crippen MR) is 128 cm³/mol. The number of carbonyl (C=O) groups is 2. The Kier molecular flexibility index (Phi) is 5.61. The highest BCUT2D eigenvalue weighted by molar-refractivity contribution is 7.80. The molecule has 1 aliphatic rings. The van der Waals surface area contributed by atoms with Crippen molar-refractivity contribution in [2.24, 2.45) is 17.1 Å². The molecule has 162 valence electrons. The highest BCUT2D eigenvalue weighted by Gasteiger charge is 2.33. The van der Waals surface area contributed by atoms with Gasteiger partial charge in [-0.2, -0.15) is 0 Å². The first-order valence-corrected chi connectivity index (χ1v) is 11.4. The van der Waals surface area contributed by atoms with Gasteiger partial charge in [-0.05, 0) is 60.5 Å². The van der Waals surface area contributed by atoms with Crippen molar-refractivity contribution in [3.05, 3.63) is 52.1 Å². The van der Waals surface area contributed by atoms with Crippen molar-refractivity contribution in [2.75, 3.05) is 5.32 Å². The van der Waals surface area contributed by atoms with Gasteiger partial charge >= 0.3 is 0 Å². The second-order valence-corrected chi connectivity index (χ2v) is 10.4. The molecule has 0 saturated carbocycles. The first kappa shape index (κ1) is 21.5. The maximum atomic E-state index is 12.6. The van der Waals surface area contributed by atoms with Crippen LogP contribution < -0.4 is 16.4 Å². The molecule has 0 saturated heterocycles. The predicted octanol–water partition coefficient (Wildman–Crippen LogP) is 4.87. The molecule has 1 aliphatic carbocycles. The molecule has 4 rings (SSSR count). The van der Waals surface area contributed by atoms with Crippen LogP contribution in [0, 0.1) is 11.3 Å². The van der Waals surface area contributed by atoms with E-state index in [-0.39, 0.29) is 16.3 Å². The number of thiocarbonyl (C=S) groups is 1. The average Bonchev–Trinajstić information content (AvgIpc) is 3.27. The number of fused-ring (bicyclic) bond motifs is 2. The Bertz CT molecular complexity index is 1150. The lowest BCUT2D eigenvalue weighted by molar-refractivity contribution is 0.0951. The Morgan fingerprint density at radius 1 is 1.26 bits per heavy atom. The van der Waals surface area contributed by atoms with Gasteiger partial charge in [0.25, 0.3) is 11.8 Å². The zero-order valence-corrected chi connectivity index (χ0v) is 19.3. The number of thiophene rings is 1. The van der Waals surface area contributed by atoms with Crippen LogP contribution in [0.3, 0.4) is 0 Å². The molecule has 2 heterocycles. The minimum Gasteiger partial charge on any atom is -0.451 e. The van der Waals surface area contributed by atoms with Crippen LogP contribution in [0.5, 0.6) is 0 Å². The summed E-state index contributed by atoms with van der Waals surface area (Å²) in [7, 11) is 0. The van der Waals surface area contributed by atoms with Gasteiger partial charge in [0.1, 0.15) is 10.6 Å². The van der Waals surface area contributed by atoms with E-state index in [4.69, 9.17) is 22.4 Å². The van der Waals surface area contributed by atoms with E-state index >= 15 is 0 Å². The van der Waals surface area contributed by atoms with E-state index in [0.717, 1.165) is 35.1 Å². The van der Waals surface area contributed by atoms with E-state index in [0.29, 0.717) is 22.1 Å². The van der Waals surface area contributed by atoms with Gasteiger partial charge in [0.2, 0.25) is 0 Å². The number of hydrogen-bond donors (Lipinski definition) is 3. The van der Waals surface area contributed by atoms with Gasteiger partial charge in [-0.1, -0.05) is 39.0 Å². The van der Waals surface area contributed by atoms with Crippen molar-refractivity contribution in [1.82, 2.24) is 5.32 Å². The number of primary amides is 1. The maximum Gasteiger partial charge on any atom is 0.293 e. The van der Waals surface area contributed by atoms with Gasteiger partial charge in [-0.3, -0.25) is 14.9 Å². The summed E-state index contributed by atoms with van der Waals surface area (Å²) in [6.07, 6.45) is 2.73. The molecule has 0 radical (unpaired) electrons. The zero-order valence-electron chi connectivity index (χ0n) is 17.7. The van der Waals surface area contributed by atoms with Crippen molar-refractivity contribution in [2.45, 2.75) is 40.0 Å². The van der Waals surface area contributed by atoms with Crippen molar-refractivity contribution in [3.8, 4) is 0 Å². The number of carbonyl (C=O) groups excluding carboxylic acids is 2. The van der Waals surface area contributed by atoms with Gasteiger partial charge in [0.05, 0.1) is 5.56 Å². The van der Waals surface area contributed by atoms with E-state index in [1.54, 1.807) is 12.1 Å². The Morgan fingerprint density at radius 2 is 2.00 bits per heavy atom. The van der Waals surface area contributed by atoms with Crippen LogP contribution in [0.1, 0.15) is 58.5 Å². The molecule has 0 spiro atoms. The molecule has 0 bridgehead atoms. The number of amides is 2.